The van der Waals surface area contributed by atoms with E-state index in [1.165, 1.54) is 22.3 Å². The molecule has 5 nitrogen and oxygen atoms in total. The van der Waals surface area contributed by atoms with Crippen LogP contribution >= 0.6 is 0 Å². The second-order valence-electron chi connectivity index (χ2n) is 7.56. The van der Waals surface area contributed by atoms with Gasteiger partial charge in [-0.15, -0.1) is 0 Å². The molecule has 2 N–H and O–H groups in total. The summed E-state index contributed by atoms with van der Waals surface area (Å²) >= 11 is 0. The van der Waals surface area contributed by atoms with Crippen molar-refractivity contribution in [3.63, 3.8) is 0 Å². The lowest BCUT2D eigenvalue weighted by Gasteiger charge is -2.14. The smallest absolute Gasteiger partial charge is 0.407 e. The average Bonchev–Trinajstić information content (AvgIpc) is 3.33. The third kappa shape index (κ3) is 3.64. The van der Waals surface area contributed by atoms with Crippen LogP contribution in [0.25, 0.3) is 22.0 Å². The molecule has 0 bridgehead atoms. The fraction of sp³-hybridized carbons (Fsp3) is 0.154. The van der Waals surface area contributed by atoms with E-state index in [0.29, 0.717) is 6.61 Å². The summed E-state index contributed by atoms with van der Waals surface area (Å²) in [7, 11) is 0. The van der Waals surface area contributed by atoms with Crippen LogP contribution in [0.4, 0.5) is 4.79 Å². The number of nitrogens with one attached hydrogen (secondary N) is 2. The van der Waals surface area contributed by atoms with Gasteiger partial charge in [-0.3, -0.25) is 5.10 Å². The topological polar surface area (TPSA) is 67.0 Å². The first-order valence-corrected chi connectivity index (χ1v) is 10.2. The Morgan fingerprint density at radius 3 is 2.52 bits per heavy atom. The van der Waals surface area contributed by atoms with Gasteiger partial charge in [-0.1, -0.05) is 60.4 Å². The third-order valence-electron chi connectivity index (χ3n) is 5.64. The predicted octanol–water partition coefficient (Wildman–Crippen LogP) is 4.76. The number of rotatable bonds is 3. The number of nitrogens with zero attached hydrogens (tertiary/aromatic N) is 1. The minimum absolute atomic E-state index is 0.0493. The van der Waals surface area contributed by atoms with Gasteiger partial charge in [-0.2, -0.15) is 5.10 Å². The number of amides is 1. The van der Waals surface area contributed by atoms with Crippen molar-refractivity contribution < 1.29 is 9.53 Å². The van der Waals surface area contributed by atoms with E-state index >= 15 is 0 Å². The molecule has 1 aromatic heterocycles. The molecular weight excluding hydrogens is 386 g/mol. The molecule has 0 atom stereocenters. The highest BCUT2D eigenvalue weighted by molar-refractivity contribution is 5.82. The molecule has 1 amide bonds. The van der Waals surface area contributed by atoms with Crippen molar-refractivity contribution in [1.82, 2.24) is 15.5 Å². The van der Waals surface area contributed by atoms with Gasteiger partial charge >= 0.3 is 6.09 Å². The molecule has 0 fully saturated rings. The van der Waals surface area contributed by atoms with E-state index < -0.39 is 6.09 Å². The Kier molecular flexibility index (Phi) is 4.89. The molecular formula is C26H21N3O2. The third-order valence-corrected chi connectivity index (χ3v) is 5.64. The Balaban J connectivity index is 1.19. The zero-order chi connectivity index (χ0) is 21.2. The van der Waals surface area contributed by atoms with Crippen LogP contribution in [-0.2, 0) is 4.74 Å². The lowest BCUT2D eigenvalue weighted by Crippen LogP contribution is -2.26. The molecule has 0 saturated heterocycles. The van der Waals surface area contributed by atoms with Gasteiger partial charge in [0.05, 0.1) is 12.1 Å². The highest BCUT2D eigenvalue weighted by atomic mass is 16.5. The summed E-state index contributed by atoms with van der Waals surface area (Å²) in [6, 6.07) is 22.4. The SMILES string of the molecule is Cc1[nH]nc2cc(C#CCNC(=O)OCC3c4ccccc4-c4ccccc43)ccc12. The minimum Gasteiger partial charge on any atom is -0.449 e. The number of hydrogen-bond acceptors (Lipinski definition) is 3. The summed E-state index contributed by atoms with van der Waals surface area (Å²) < 4.78 is 5.52. The first-order chi connectivity index (χ1) is 15.2. The quantitative estimate of drug-likeness (QED) is 0.481. The summed E-state index contributed by atoms with van der Waals surface area (Å²) in [4.78, 5) is 12.2. The van der Waals surface area contributed by atoms with E-state index in [1.807, 2.05) is 49.4 Å². The predicted molar refractivity (Wildman–Crippen MR) is 121 cm³/mol. The standard InChI is InChI=1S/C26H21N3O2/c1-17-19-13-12-18(15-25(19)29-28-17)7-6-14-27-26(30)31-16-24-22-10-4-2-8-20(22)21-9-3-5-11-23(21)24/h2-5,8-13,15,24H,14,16H2,1H3,(H,27,30)(H,28,29). The van der Waals surface area contributed by atoms with Crippen molar-refractivity contribution in [1.29, 1.82) is 0 Å². The Bertz CT molecular complexity index is 1300. The Hall–Kier alpha value is -4.04. The normalized spacial score (nSPS) is 12.0. The highest BCUT2D eigenvalue weighted by Gasteiger charge is 2.28. The van der Waals surface area contributed by atoms with Crippen molar-refractivity contribution in [2.75, 3.05) is 13.2 Å². The number of ether oxygens (including phenoxy) is 1. The molecule has 4 aromatic rings. The average molecular weight is 407 g/mol. The van der Waals surface area contributed by atoms with Gasteiger partial charge in [0.1, 0.15) is 6.61 Å². The number of aromatic amines is 1. The molecule has 0 unspecified atom stereocenters. The Morgan fingerprint density at radius 2 is 1.77 bits per heavy atom. The van der Waals surface area contributed by atoms with Gasteiger partial charge in [-0.25, -0.2) is 4.79 Å². The molecule has 5 heteroatoms. The number of alkyl carbamates (subject to hydrolysis) is 1. The Labute approximate surface area is 180 Å². The first-order valence-electron chi connectivity index (χ1n) is 10.2. The molecule has 0 radical (unpaired) electrons. The molecule has 152 valence electrons. The zero-order valence-corrected chi connectivity index (χ0v) is 17.1. The maximum Gasteiger partial charge on any atom is 0.407 e. The van der Waals surface area contributed by atoms with Crippen LogP contribution < -0.4 is 5.32 Å². The van der Waals surface area contributed by atoms with Gasteiger partial charge in [0, 0.05) is 22.6 Å². The van der Waals surface area contributed by atoms with Crippen LogP contribution in [0.5, 0.6) is 0 Å². The van der Waals surface area contributed by atoms with Gasteiger partial charge in [0.2, 0.25) is 0 Å². The summed E-state index contributed by atoms with van der Waals surface area (Å²) in [6.07, 6.45) is -0.463. The molecule has 3 aromatic carbocycles. The molecule has 0 spiro atoms. The number of hydrogen-bond donors (Lipinski definition) is 2. The summed E-state index contributed by atoms with van der Waals surface area (Å²) in [6.45, 7) is 2.50. The molecule has 1 aliphatic carbocycles. The van der Waals surface area contributed by atoms with E-state index in [1.54, 1.807) is 0 Å². The number of carbonyl (C=O) groups excluding carboxylic acids is 1. The lowest BCUT2D eigenvalue weighted by molar-refractivity contribution is 0.144. The van der Waals surface area contributed by atoms with Gasteiger partial charge < -0.3 is 10.1 Å². The number of benzene rings is 3. The van der Waals surface area contributed by atoms with Crippen LogP contribution in [0, 0.1) is 18.8 Å². The maximum atomic E-state index is 12.2. The van der Waals surface area contributed by atoms with E-state index in [-0.39, 0.29) is 12.5 Å². The fourth-order valence-corrected chi connectivity index (χ4v) is 4.14. The van der Waals surface area contributed by atoms with E-state index in [4.69, 9.17) is 4.74 Å². The van der Waals surface area contributed by atoms with Crippen LogP contribution in [0.15, 0.2) is 66.7 Å². The number of carbonyl (C=O) groups is 1. The van der Waals surface area contributed by atoms with Crippen molar-refractivity contribution in [3.05, 3.63) is 89.1 Å². The van der Waals surface area contributed by atoms with Crippen molar-refractivity contribution in [2.45, 2.75) is 12.8 Å². The molecule has 1 heterocycles. The molecule has 0 saturated carbocycles. The molecule has 0 aliphatic heterocycles. The van der Waals surface area contributed by atoms with Crippen LogP contribution in [-0.4, -0.2) is 29.4 Å². The number of fused-ring (bicyclic) bond motifs is 4. The van der Waals surface area contributed by atoms with Crippen LogP contribution in [0.2, 0.25) is 0 Å². The van der Waals surface area contributed by atoms with Crippen molar-refractivity contribution in [2.24, 2.45) is 0 Å². The maximum absolute atomic E-state index is 12.2. The molecule has 1 aliphatic rings. The highest BCUT2D eigenvalue weighted by Crippen LogP contribution is 2.44. The fourth-order valence-electron chi connectivity index (χ4n) is 4.14. The Morgan fingerprint density at radius 1 is 1.06 bits per heavy atom. The van der Waals surface area contributed by atoms with Crippen LogP contribution in [0.3, 0.4) is 0 Å². The number of H-pyrrole nitrogens is 1. The largest absolute Gasteiger partial charge is 0.449 e. The van der Waals surface area contributed by atoms with E-state index in [0.717, 1.165) is 22.2 Å². The molecule has 31 heavy (non-hydrogen) atoms. The van der Waals surface area contributed by atoms with Crippen LogP contribution in [0.1, 0.15) is 28.3 Å². The van der Waals surface area contributed by atoms with Gasteiger partial charge in [-0.05, 0) is 47.4 Å². The van der Waals surface area contributed by atoms with Gasteiger partial charge in [0.25, 0.3) is 0 Å². The van der Waals surface area contributed by atoms with E-state index in [9.17, 15) is 4.79 Å². The summed E-state index contributed by atoms with van der Waals surface area (Å²) in [5.41, 5.74) is 7.58. The monoisotopic (exact) mass is 407 g/mol. The second-order valence-corrected chi connectivity index (χ2v) is 7.56. The first kappa shape index (κ1) is 19.0. The zero-order valence-electron chi connectivity index (χ0n) is 17.1. The summed E-state index contributed by atoms with van der Waals surface area (Å²) in [5.74, 6) is 6.06. The van der Waals surface area contributed by atoms with Crippen molar-refractivity contribution in [3.8, 4) is 23.0 Å². The van der Waals surface area contributed by atoms with E-state index in [2.05, 4.69) is 51.6 Å². The lowest BCUT2D eigenvalue weighted by atomic mass is 9.98. The number of aromatic nitrogens is 2. The second kappa shape index (κ2) is 8.00. The minimum atomic E-state index is -0.463. The van der Waals surface area contributed by atoms with Crippen molar-refractivity contribution >= 4 is 17.0 Å². The van der Waals surface area contributed by atoms with Gasteiger partial charge in [0.15, 0.2) is 0 Å². The number of aryl methyl sites for hydroxylation is 1. The molecule has 5 rings (SSSR count). The summed E-state index contributed by atoms with van der Waals surface area (Å²) in [5, 5.41) is 11.0.